The van der Waals surface area contributed by atoms with Crippen LogP contribution in [0.3, 0.4) is 0 Å². The minimum absolute atomic E-state index is 0.138. The Morgan fingerprint density at radius 1 is 1.17 bits per heavy atom. The van der Waals surface area contributed by atoms with Crippen molar-refractivity contribution in [2.75, 3.05) is 25.5 Å². The number of halogens is 4. The Balaban J connectivity index is 1.36. The van der Waals surface area contributed by atoms with Gasteiger partial charge in [-0.3, -0.25) is 0 Å². The van der Waals surface area contributed by atoms with Crippen LogP contribution < -0.4 is 5.32 Å². The minimum atomic E-state index is -4.56. The van der Waals surface area contributed by atoms with E-state index in [-0.39, 0.29) is 5.56 Å². The molecule has 0 amide bonds. The van der Waals surface area contributed by atoms with Gasteiger partial charge in [-0.1, -0.05) is 12.1 Å². The molecule has 0 aliphatic carbocycles. The van der Waals surface area contributed by atoms with E-state index in [0.717, 1.165) is 37.7 Å². The molecule has 0 spiro atoms. The van der Waals surface area contributed by atoms with E-state index in [4.69, 9.17) is 0 Å². The first-order chi connectivity index (χ1) is 17.2. The van der Waals surface area contributed by atoms with Gasteiger partial charge in [0.2, 0.25) is 5.95 Å². The fourth-order valence-corrected chi connectivity index (χ4v) is 4.68. The average Bonchev–Trinajstić information content (AvgIpc) is 3.41. The van der Waals surface area contributed by atoms with E-state index in [2.05, 4.69) is 38.4 Å². The first-order valence-electron chi connectivity index (χ1n) is 11.7. The van der Waals surface area contributed by atoms with Gasteiger partial charge in [0.1, 0.15) is 11.5 Å². The molecule has 6 nitrogen and oxygen atoms in total. The summed E-state index contributed by atoms with van der Waals surface area (Å²) in [5, 5.41) is 8.56. The molecular weight excluding hydrogens is 472 g/mol. The molecule has 2 aromatic heterocycles. The van der Waals surface area contributed by atoms with E-state index in [1.54, 1.807) is 30.1 Å². The third-order valence-corrected chi connectivity index (χ3v) is 6.69. The molecule has 10 heteroatoms. The van der Waals surface area contributed by atoms with E-state index in [1.807, 2.05) is 0 Å². The molecule has 0 saturated carbocycles. The SMILES string of the molecule is CN1CCCC1CCNc1ncc2c(-c3[c]cc(-c4cc(C(F)(F)F)ccc4F)cc3)nn(C)c2n1. The van der Waals surface area contributed by atoms with E-state index in [1.165, 1.54) is 18.9 Å². The summed E-state index contributed by atoms with van der Waals surface area (Å²) in [4.78, 5) is 11.4. The zero-order chi connectivity index (χ0) is 25.4. The number of nitrogens with one attached hydrogen (secondary N) is 1. The molecule has 36 heavy (non-hydrogen) atoms. The first kappa shape index (κ1) is 24.2. The lowest BCUT2D eigenvalue weighted by Gasteiger charge is -2.19. The lowest BCUT2D eigenvalue weighted by atomic mass is 10.00. The van der Waals surface area contributed by atoms with E-state index < -0.39 is 17.6 Å². The first-order valence-corrected chi connectivity index (χ1v) is 11.7. The number of anilines is 1. The van der Waals surface area contributed by atoms with Crippen LogP contribution in [0.1, 0.15) is 24.8 Å². The van der Waals surface area contributed by atoms with E-state index in [9.17, 15) is 17.6 Å². The molecule has 1 unspecified atom stereocenters. The summed E-state index contributed by atoms with van der Waals surface area (Å²) in [5.41, 5.74) is 1.07. The number of nitrogens with zero attached hydrogens (tertiary/aromatic N) is 5. The van der Waals surface area contributed by atoms with Crippen molar-refractivity contribution in [1.82, 2.24) is 24.6 Å². The zero-order valence-electron chi connectivity index (χ0n) is 19.9. The Bertz CT molecular complexity index is 1380. The molecule has 187 valence electrons. The van der Waals surface area contributed by atoms with Gasteiger partial charge in [0.25, 0.3) is 0 Å². The Hall–Kier alpha value is -3.53. The van der Waals surface area contributed by atoms with Gasteiger partial charge in [0.05, 0.1) is 10.9 Å². The number of rotatable bonds is 6. The number of fused-ring (bicyclic) bond motifs is 1. The summed E-state index contributed by atoms with van der Waals surface area (Å²) in [6.45, 7) is 1.91. The lowest BCUT2D eigenvalue weighted by molar-refractivity contribution is -0.137. The van der Waals surface area contributed by atoms with Crippen LogP contribution in [0.2, 0.25) is 0 Å². The number of aryl methyl sites for hydroxylation is 1. The maximum absolute atomic E-state index is 14.3. The molecule has 1 radical (unpaired) electrons. The maximum Gasteiger partial charge on any atom is 0.416 e. The Morgan fingerprint density at radius 3 is 2.69 bits per heavy atom. The molecule has 1 aliphatic heterocycles. The predicted molar refractivity (Wildman–Crippen MR) is 130 cm³/mol. The molecule has 1 fully saturated rings. The molecular formula is C26H25F4N6. The molecule has 1 atom stereocenters. The van der Waals surface area contributed by atoms with Crippen molar-refractivity contribution in [3.63, 3.8) is 0 Å². The van der Waals surface area contributed by atoms with Gasteiger partial charge < -0.3 is 10.2 Å². The molecule has 1 aliphatic rings. The van der Waals surface area contributed by atoms with Crippen molar-refractivity contribution >= 4 is 17.0 Å². The Kier molecular flexibility index (Phi) is 6.38. The normalized spacial score (nSPS) is 16.7. The monoisotopic (exact) mass is 497 g/mol. The number of hydrogen-bond acceptors (Lipinski definition) is 5. The van der Waals surface area contributed by atoms with Gasteiger partial charge in [-0.05, 0) is 68.8 Å². The Labute approximate surface area is 206 Å². The van der Waals surface area contributed by atoms with Crippen LogP contribution in [0.15, 0.2) is 42.6 Å². The fraction of sp³-hybridized carbons (Fsp3) is 0.346. The molecule has 5 rings (SSSR count). The maximum atomic E-state index is 14.3. The van der Waals surface area contributed by atoms with E-state index >= 15 is 0 Å². The van der Waals surface area contributed by atoms with Gasteiger partial charge in [-0.25, -0.2) is 14.1 Å². The largest absolute Gasteiger partial charge is 0.416 e. The molecule has 2 aromatic carbocycles. The lowest BCUT2D eigenvalue weighted by Crippen LogP contribution is -2.27. The van der Waals surface area contributed by atoms with Gasteiger partial charge in [-0.15, -0.1) is 0 Å². The van der Waals surface area contributed by atoms with Gasteiger partial charge >= 0.3 is 6.18 Å². The van der Waals surface area contributed by atoms with Crippen molar-refractivity contribution in [1.29, 1.82) is 0 Å². The van der Waals surface area contributed by atoms with Gasteiger partial charge in [0, 0.05) is 37.0 Å². The third kappa shape index (κ3) is 4.77. The van der Waals surface area contributed by atoms with Crippen LogP contribution in [-0.2, 0) is 13.2 Å². The second-order valence-corrected chi connectivity index (χ2v) is 9.08. The summed E-state index contributed by atoms with van der Waals surface area (Å²) in [6, 6.07) is 10.6. The smallest absolute Gasteiger partial charge is 0.354 e. The second-order valence-electron chi connectivity index (χ2n) is 9.08. The summed E-state index contributed by atoms with van der Waals surface area (Å²) < 4.78 is 55.2. The quantitative estimate of drug-likeness (QED) is 0.354. The van der Waals surface area contributed by atoms with Crippen molar-refractivity contribution in [2.45, 2.75) is 31.5 Å². The topological polar surface area (TPSA) is 58.9 Å². The molecule has 0 bridgehead atoms. The highest BCUT2D eigenvalue weighted by Crippen LogP contribution is 2.34. The highest BCUT2D eigenvalue weighted by molar-refractivity contribution is 5.91. The van der Waals surface area contributed by atoms with Crippen LogP contribution in [0, 0.1) is 11.9 Å². The van der Waals surface area contributed by atoms with Crippen LogP contribution >= 0.6 is 0 Å². The number of hydrogen-bond donors (Lipinski definition) is 1. The van der Waals surface area contributed by atoms with Crippen LogP contribution in [0.25, 0.3) is 33.4 Å². The fourth-order valence-electron chi connectivity index (χ4n) is 4.68. The summed E-state index contributed by atoms with van der Waals surface area (Å²) in [6.07, 6.45) is 0.595. The van der Waals surface area contributed by atoms with Crippen molar-refractivity contribution in [3.05, 3.63) is 60.0 Å². The highest BCUT2D eigenvalue weighted by atomic mass is 19.4. The zero-order valence-corrected chi connectivity index (χ0v) is 19.9. The molecule has 3 heterocycles. The van der Waals surface area contributed by atoms with Crippen molar-refractivity contribution in [2.24, 2.45) is 7.05 Å². The van der Waals surface area contributed by atoms with Crippen molar-refractivity contribution in [3.8, 4) is 22.4 Å². The number of benzene rings is 2. The van der Waals surface area contributed by atoms with Crippen LogP contribution in [0.5, 0.6) is 0 Å². The van der Waals surface area contributed by atoms with E-state index in [0.29, 0.717) is 39.8 Å². The summed E-state index contributed by atoms with van der Waals surface area (Å²) in [7, 11) is 3.93. The number of aromatic nitrogens is 4. The second kappa shape index (κ2) is 9.50. The van der Waals surface area contributed by atoms with Gasteiger partial charge in [-0.2, -0.15) is 23.3 Å². The molecule has 1 N–H and O–H groups in total. The van der Waals surface area contributed by atoms with Gasteiger partial charge in [0.15, 0.2) is 5.65 Å². The average molecular weight is 498 g/mol. The van der Waals surface area contributed by atoms with Crippen molar-refractivity contribution < 1.29 is 17.6 Å². The predicted octanol–water partition coefficient (Wildman–Crippen LogP) is 5.55. The number of alkyl halides is 3. The molecule has 1 saturated heterocycles. The van der Waals surface area contributed by atoms with Crippen LogP contribution in [0.4, 0.5) is 23.5 Å². The summed E-state index contributed by atoms with van der Waals surface area (Å²) in [5.74, 6) is -0.211. The molecule has 4 aromatic rings. The standard InChI is InChI=1S/C26H25F4N6/c1-35-13-3-4-19(35)11-12-31-25-32-15-21-23(34-36(2)24(21)33-25)17-7-5-16(6-8-17)20-14-18(26(28,29)30)9-10-22(20)27/h5-7,9-10,14-15,19H,3-4,11-13H2,1-2H3,(H,31,32,33). The third-order valence-electron chi connectivity index (χ3n) is 6.69. The number of likely N-dealkylation sites (tertiary alicyclic amines) is 1. The highest BCUT2D eigenvalue weighted by Gasteiger charge is 2.31. The Morgan fingerprint density at radius 2 is 2.00 bits per heavy atom. The minimum Gasteiger partial charge on any atom is -0.354 e. The van der Waals surface area contributed by atoms with Crippen LogP contribution in [-0.4, -0.2) is 50.8 Å². The summed E-state index contributed by atoms with van der Waals surface area (Å²) >= 11 is 0.